The Labute approximate surface area is 170 Å². The van der Waals surface area contributed by atoms with Crippen molar-refractivity contribution in [3.63, 3.8) is 0 Å². The summed E-state index contributed by atoms with van der Waals surface area (Å²) in [4.78, 5) is 23.6. The smallest absolute Gasteiger partial charge is 0.412 e. The summed E-state index contributed by atoms with van der Waals surface area (Å²) in [6, 6.07) is 15.5. The van der Waals surface area contributed by atoms with Gasteiger partial charge in [-0.2, -0.15) is 0 Å². The van der Waals surface area contributed by atoms with Crippen molar-refractivity contribution in [3.8, 4) is 5.75 Å². The molecule has 29 heavy (non-hydrogen) atoms. The normalized spacial score (nSPS) is 12.4. The van der Waals surface area contributed by atoms with E-state index in [9.17, 15) is 14.7 Å². The number of carbonyl (C=O) groups is 2. The molecule has 0 aliphatic carbocycles. The zero-order valence-electron chi connectivity index (χ0n) is 16.5. The minimum Gasteiger partial charge on any atom is -0.508 e. The molecule has 0 bridgehead atoms. The van der Waals surface area contributed by atoms with E-state index in [1.807, 2.05) is 32.0 Å². The third-order valence-corrected chi connectivity index (χ3v) is 4.49. The summed E-state index contributed by atoms with van der Waals surface area (Å²) < 4.78 is 5.77. The molecule has 0 saturated carbocycles. The van der Waals surface area contributed by atoms with Crippen LogP contribution in [0.2, 0.25) is 0 Å². The number of phenols is 1. The van der Waals surface area contributed by atoms with Crippen LogP contribution in [0.3, 0.4) is 0 Å². The van der Waals surface area contributed by atoms with Crippen LogP contribution in [0, 0.1) is 5.41 Å². The number of anilines is 1. The maximum absolute atomic E-state index is 12.5. The van der Waals surface area contributed by atoms with Crippen molar-refractivity contribution in [1.29, 1.82) is 0 Å². The molecule has 4 N–H and O–H groups in total. The number of carbonyl (C=O) groups excluding carboxylic acids is 2. The van der Waals surface area contributed by atoms with E-state index in [4.69, 9.17) is 9.94 Å². The molecule has 0 aromatic heterocycles. The molecule has 0 radical (unpaired) electrons. The van der Waals surface area contributed by atoms with Crippen molar-refractivity contribution in [2.75, 3.05) is 5.32 Å². The third kappa shape index (κ3) is 6.97. The van der Waals surface area contributed by atoms with E-state index in [-0.39, 0.29) is 5.75 Å². The molecule has 0 spiro atoms. The molecule has 0 aliphatic heterocycles. The van der Waals surface area contributed by atoms with Crippen LogP contribution in [-0.4, -0.2) is 22.3 Å². The van der Waals surface area contributed by atoms with Crippen molar-refractivity contribution in [3.05, 3.63) is 72.3 Å². The van der Waals surface area contributed by atoms with Crippen LogP contribution in [-0.2, 0) is 9.53 Å². The van der Waals surface area contributed by atoms with E-state index >= 15 is 0 Å². The highest BCUT2D eigenvalue weighted by Gasteiger charge is 2.33. The van der Waals surface area contributed by atoms with Crippen LogP contribution < -0.4 is 10.8 Å². The molecule has 0 saturated heterocycles. The van der Waals surface area contributed by atoms with Crippen LogP contribution in [0.5, 0.6) is 5.75 Å². The number of aromatic hydroxyl groups is 1. The minimum atomic E-state index is -0.601. The third-order valence-electron chi connectivity index (χ3n) is 4.49. The van der Waals surface area contributed by atoms with Crippen molar-refractivity contribution in [2.45, 2.75) is 32.8 Å². The van der Waals surface area contributed by atoms with E-state index in [0.29, 0.717) is 18.5 Å². The molecule has 2 rings (SSSR count). The first kappa shape index (κ1) is 22.0. The zero-order chi connectivity index (χ0) is 21.3. The second-order valence-electron chi connectivity index (χ2n) is 7.27. The van der Waals surface area contributed by atoms with E-state index in [2.05, 4.69) is 5.32 Å². The van der Waals surface area contributed by atoms with Gasteiger partial charge in [0, 0.05) is 17.2 Å². The van der Waals surface area contributed by atoms with Crippen LogP contribution >= 0.6 is 0 Å². The Hall–Kier alpha value is -3.32. The first-order chi connectivity index (χ1) is 13.8. The molecule has 2 amide bonds. The fourth-order valence-electron chi connectivity index (χ4n) is 2.92. The van der Waals surface area contributed by atoms with Gasteiger partial charge in [-0.15, -0.1) is 0 Å². The maximum atomic E-state index is 12.5. The van der Waals surface area contributed by atoms with Crippen molar-refractivity contribution in [2.24, 2.45) is 5.41 Å². The highest BCUT2D eigenvalue weighted by Crippen LogP contribution is 2.41. The lowest BCUT2D eigenvalue weighted by Gasteiger charge is -2.34. The molecule has 1 atom stereocenters. The predicted octanol–water partition coefficient (Wildman–Crippen LogP) is 4.55. The molecule has 154 valence electrons. The summed E-state index contributed by atoms with van der Waals surface area (Å²) in [6.07, 6.45) is 2.86. The average Bonchev–Trinajstić information content (AvgIpc) is 2.70. The molecule has 2 aromatic carbocycles. The van der Waals surface area contributed by atoms with E-state index in [1.165, 1.54) is 11.6 Å². The summed E-state index contributed by atoms with van der Waals surface area (Å²) in [7, 11) is 0. The standard InChI is InChI=1S/C22H26N2O5/c1-22(2,15-7-6-10-19(26)24-28)20(16-11-13-18(25)14-12-16)29-21(27)23-17-8-4-3-5-9-17/h3-6,8-14,20,25,28H,7,15H2,1-2H3,(H,23,27)(H,24,26)/b10-6+/t20-/m1/s1. The second kappa shape index (κ2) is 10.3. The van der Waals surface area contributed by atoms with Crippen molar-refractivity contribution < 1.29 is 24.6 Å². The van der Waals surface area contributed by atoms with E-state index in [1.54, 1.807) is 42.5 Å². The number of allylic oxidation sites excluding steroid dienone is 1. The van der Waals surface area contributed by atoms with Gasteiger partial charge in [-0.1, -0.05) is 50.3 Å². The number of rotatable bonds is 8. The lowest BCUT2D eigenvalue weighted by Crippen LogP contribution is -2.29. The SMILES string of the molecule is CC(C)(CC/C=C/C(=O)NO)[C@H](OC(=O)Nc1ccccc1)c1ccc(O)cc1. The topological polar surface area (TPSA) is 108 Å². The molecular formula is C22H26N2O5. The number of hydrogen-bond acceptors (Lipinski definition) is 5. The number of nitrogens with one attached hydrogen (secondary N) is 2. The maximum Gasteiger partial charge on any atom is 0.412 e. The second-order valence-corrected chi connectivity index (χ2v) is 7.27. The highest BCUT2D eigenvalue weighted by molar-refractivity contribution is 5.86. The average molecular weight is 398 g/mol. The zero-order valence-corrected chi connectivity index (χ0v) is 16.5. The van der Waals surface area contributed by atoms with Gasteiger partial charge < -0.3 is 9.84 Å². The Balaban J connectivity index is 2.15. The number of para-hydroxylation sites is 1. The number of hydrogen-bond donors (Lipinski definition) is 4. The van der Waals surface area contributed by atoms with Crippen molar-refractivity contribution in [1.82, 2.24) is 5.48 Å². The molecule has 0 fully saturated rings. The molecule has 2 aromatic rings. The van der Waals surface area contributed by atoms with Crippen LogP contribution in [0.1, 0.15) is 38.4 Å². The summed E-state index contributed by atoms with van der Waals surface area (Å²) >= 11 is 0. The number of ether oxygens (including phenoxy) is 1. The van der Waals surface area contributed by atoms with Gasteiger partial charge in [-0.3, -0.25) is 15.3 Å². The molecule has 0 unspecified atom stereocenters. The fourth-order valence-corrected chi connectivity index (χ4v) is 2.92. The van der Waals surface area contributed by atoms with Gasteiger partial charge >= 0.3 is 6.09 Å². The molecular weight excluding hydrogens is 372 g/mol. The van der Waals surface area contributed by atoms with Crippen molar-refractivity contribution >= 4 is 17.7 Å². The van der Waals surface area contributed by atoms with Gasteiger partial charge in [0.05, 0.1) is 0 Å². The van der Waals surface area contributed by atoms with Gasteiger partial charge in [0.1, 0.15) is 11.9 Å². The Bertz CT molecular complexity index is 832. The predicted molar refractivity (Wildman–Crippen MR) is 109 cm³/mol. The number of phenolic OH excluding ortho intramolecular Hbond substituents is 1. The Morgan fingerprint density at radius 1 is 1.10 bits per heavy atom. The number of amides is 2. The fraction of sp³-hybridized carbons (Fsp3) is 0.273. The number of hydroxylamine groups is 1. The molecule has 7 nitrogen and oxygen atoms in total. The summed E-state index contributed by atoms with van der Waals surface area (Å²) in [5.41, 5.74) is 2.42. The molecule has 7 heteroatoms. The Kier molecular flexibility index (Phi) is 7.79. The number of benzene rings is 2. The lowest BCUT2D eigenvalue weighted by atomic mass is 9.78. The molecule has 0 heterocycles. The van der Waals surface area contributed by atoms with Crippen LogP contribution in [0.4, 0.5) is 10.5 Å². The van der Waals surface area contributed by atoms with Crippen LogP contribution in [0.25, 0.3) is 0 Å². The monoisotopic (exact) mass is 398 g/mol. The van der Waals surface area contributed by atoms with Gasteiger partial charge in [-0.25, -0.2) is 10.3 Å². The minimum absolute atomic E-state index is 0.122. The summed E-state index contributed by atoms with van der Waals surface area (Å²) in [5, 5.41) is 20.8. The van der Waals surface area contributed by atoms with Crippen LogP contribution in [0.15, 0.2) is 66.7 Å². The van der Waals surface area contributed by atoms with E-state index < -0.39 is 23.5 Å². The highest BCUT2D eigenvalue weighted by atomic mass is 16.6. The van der Waals surface area contributed by atoms with Gasteiger partial charge in [0.25, 0.3) is 5.91 Å². The van der Waals surface area contributed by atoms with Gasteiger partial charge in [0.15, 0.2) is 0 Å². The summed E-state index contributed by atoms with van der Waals surface area (Å²) in [5.74, 6) is -0.478. The van der Waals surface area contributed by atoms with E-state index in [0.717, 1.165) is 5.56 Å². The summed E-state index contributed by atoms with van der Waals surface area (Å²) in [6.45, 7) is 3.92. The first-order valence-electron chi connectivity index (χ1n) is 9.24. The Morgan fingerprint density at radius 3 is 2.38 bits per heavy atom. The van der Waals surface area contributed by atoms with Gasteiger partial charge in [0.2, 0.25) is 0 Å². The largest absolute Gasteiger partial charge is 0.508 e. The Morgan fingerprint density at radius 2 is 1.76 bits per heavy atom. The molecule has 0 aliphatic rings. The van der Waals surface area contributed by atoms with Gasteiger partial charge in [-0.05, 0) is 42.7 Å². The quantitative estimate of drug-likeness (QED) is 0.296. The first-order valence-corrected chi connectivity index (χ1v) is 9.24. The lowest BCUT2D eigenvalue weighted by molar-refractivity contribution is -0.124.